The fourth-order valence-electron chi connectivity index (χ4n) is 2.74. The van der Waals surface area contributed by atoms with E-state index in [0.29, 0.717) is 11.3 Å². The van der Waals surface area contributed by atoms with Crippen LogP contribution in [0, 0.1) is 5.82 Å². The predicted octanol–water partition coefficient (Wildman–Crippen LogP) is 3.73. The molecule has 0 heterocycles. The summed E-state index contributed by atoms with van der Waals surface area (Å²) in [6.07, 6.45) is 1.41. The van der Waals surface area contributed by atoms with Gasteiger partial charge in [0.25, 0.3) is 0 Å². The lowest BCUT2D eigenvalue weighted by Crippen LogP contribution is -2.39. The Kier molecular flexibility index (Phi) is 7.48. The molecule has 2 N–H and O–H groups in total. The average Bonchev–Trinajstić information content (AvgIpc) is 2.79. The zero-order valence-electron chi connectivity index (χ0n) is 16.9. The first kappa shape index (κ1) is 21.7. The molecule has 3 aromatic carbocycles. The van der Waals surface area contributed by atoms with Crippen LogP contribution in [0.2, 0.25) is 0 Å². The third-order valence-corrected chi connectivity index (χ3v) is 4.41. The van der Waals surface area contributed by atoms with Gasteiger partial charge in [-0.2, -0.15) is 5.10 Å². The van der Waals surface area contributed by atoms with Crippen molar-refractivity contribution in [2.75, 3.05) is 0 Å². The summed E-state index contributed by atoms with van der Waals surface area (Å²) in [4.78, 5) is 24.0. The molecule has 0 saturated heterocycles. The molecule has 0 saturated carbocycles. The van der Waals surface area contributed by atoms with Gasteiger partial charge >= 0.3 is 11.8 Å². The van der Waals surface area contributed by atoms with Crippen molar-refractivity contribution in [2.24, 2.45) is 5.10 Å². The Hall–Kier alpha value is -4.00. The quantitative estimate of drug-likeness (QED) is 0.348. The van der Waals surface area contributed by atoms with E-state index in [1.807, 2.05) is 30.3 Å². The van der Waals surface area contributed by atoms with E-state index < -0.39 is 11.8 Å². The van der Waals surface area contributed by atoms with Crippen molar-refractivity contribution in [3.8, 4) is 5.75 Å². The first-order valence-corrected chi connectivity index (χ1v) is 9.67. The summed E-state index contributed by atoms with van der Waals surface area (Å²) in [5.41, 5.74) is 4.62. The average molecular weight is 419 g/mol. The molecule has 31 heavy (non-hydrogen) atoms. The number of nitrogens with one attached hydrogen (secondary N) is 2. The van der Waals surface area contributed by atoms with Crippen molar-refractivity contribution in [1.82, 2.24) is 10.7 Å². The third kappa shape index (κ3) is 6.78. The molecule has 0 aliphatic rings. The minimum absolute atomic E-state index is 0.289. The van der Waals surface area contributed by atoms with Crippen molar-refractivity contribution < 1.29 is 18.7 Å². The lowest BCUT2D eigenvalue weighted by atomic mass is 10.1. The van der Waals surface area contributed by atoms with Crippen LogP contribution in [0.3, 0.4) is 0 Å². The largest absolute Gasteiger partial charge is 0.489 e. The second-order valence-corrected chi connectivity index (χ2v) is 6.79. The number of hydrogen-bond donors (Lipinski definition) is 2. The summed E-state index contributed by atoms with van der Waals surface area (Å²) in [5.74, 6) is -1.34. The van der Waals surface area contributed by atoms with Gasteiger partial charge in [0.15, 0.2) is 0 Å². The molecule has 0 unspecified atom stereocenters. The molecule has 0 fully saturated rings. The summed E-state index contributed by atoms with van der Waals surface area (Å²) >= 11 is 0. The SMILES string of the molecule is C[C@H](NC(=O)C(=O)N/N=C\c1cccc(OCc2ccc(F)cc2)c1)c1ccccc1. The summed E-state index contributed by atoms with van der Waals surface area (Å²) < 4.78 is 18.6. The van der Waals surface area contributed by atoms with Gasteiger partial charge in [0, 0.05) is 0 Å². The number of amides is 2. The topological polar surface area (TPSA) is 79.8 Å². The highest BCUT2D eigenvalue weighted by Gasteiger charge is 2.16. The van der Waals surface area contributed by atoms with E-state index in [-0.39, 0.29) is 18.5 Å². The van der Waals surface area contributed by atoms with Gasteiger partial charge in [0.2, 0.25) is 0 Å². The molecule has 0 radical (unpaired) electrons. The molecule has 0 spiro atoms. The molecule has 0 aliphatic carbocycles. The third-order valence-electron chi connectivity index (χ3n) is 4.41. The van der Waals surface area contributed by atoms with E-state index in [4.69, 9.17) is 4.74 Å². The molecule has 0 aromatic heterocycles. The Labute approximate surface area is 179 Å². The summed E-state index contributed by atoms with van der Waals surface area (Å²) in [6.45, 7) is 2.08. The second kappa shape index (κ2) is 10.7. The standard InChI is InChI=1S/C24H22FN3O3/c1-17(20-7-3-2-4-8-20)27-23(29)24(30)28-26-15-19-6-5-9-22(14-19)31-16-18-10-12-21(25)13-11-18/h2-15,17H,16H2,1H3,(H,27,29)(H,28,30)/b26-15-/t17-/m0/s1. The maximum Gasteiger partial charge on any atom is 0.329 e. The van der Waals surface area contributed by atoms with E-state index in [2.05, 4.69) is 15.8 Å². The molecular formula is C24H22FN3O3. The van der Waals surface area contributed by atoms with Crippen molar-refractivity contribution in [2.45, 2.75) is 19.6 Å². The minimum atomic E-state index is -0.859. The van der Waals surface area contributed by atoms with Crippen LogP contribution in [0.25, 0.3) is 0 Å². The van der Waals surface area contributed by atoms with Crippen molar-refractivity contribution in [3.63, 3.8) is 0 Å². The summed E-state index contributed by atoms with van der Waals surface area (Å²) in [6, 6.07) is 22.1. The Balaban J connectivity index is 1.49. The molecular weight excluding hydrogens is 397 g/mol. The number of nitrogens with zero attached hydrogens (tertiary/aromatic N) is 1. The zero-order valence-corrected chi connectivity index (χ0v) is 16.9. The number of carbonyl (C=O) groups is 2. The van der Waals surface area contributed by atoms with E-state index in [1.165, 1.54) is 18.3 Å². The van der Waals surface area contributed by atoms with E-state index in [9.17, 15) is 14.0 Å². The van der Waals surface area contributed by atoms with Crippen LogP contribution in [-0.2, 0) is 16.2 Å². The number of benzene rings is 3. The number of hydrazone groups is 1. The van der Waals surface area contributed by atoms with Crippen LogP contribution in [-0.4, -0.2) is 18.0 Å². The minimum Gasteiger partial charge on any atom is -0.489 e. The first-order valence-electron chi connectivity index (χ1n) is 9.67. The van der Waals surface area contributed by atoms with Gasteiger partial charge in [-0.3, -0.25) is 9.59 Å². The van der Waals surface area contributed by atoms with E-state index >= 15 is 0 Å². The molecule has 0 aliphatic heterocycles. The van der Waals surface area contributed by atoms with Crippen LogP contribution in [0.4, 0.5) is 4.39 Å². The molecule has 7 heteroatoms. The van der Waals surface area contributed by atoms with E-state index in [1.54, 1.807) is 43.3 Å². The highest BCUT2D eigenvalue weighted by molar-refractivity contribution is 6.35. The van der Waals surface area contributed by atoms with E-state index in [0.717, 1.165) is 11.1 Å². The number of hydrogen-bond acceptors (Lipinski definition) is 4. The van der Waals surface area contributed by atoms with Crippen LogP contribution in [0.1, 0.15) is 29.7 Å². The van der Waals surface area contributed by atoms with Crippen LogP contribution < -0.4 is 15.5 Å². The predicted molar refractivity (Wildman–Crippen MR) is 116 cm³/mol. The smallest absolute Gasteiger partial charge is 0.329 e. The zero-order chi connectivity index (χ0) is 22.1. The molecule has 0 bridgehead atoms. The molecule has 3 rings (SSSR count). The van der Waals surface area contributed by atoms with Crippen molar-refractivity contribution in [1.29, 1.82) is 0 Å². The highest BCUT2D eigenvalue weighted by atomic mass is 19.1. The van der Waals surface area contributed by atoms with Gasteiger partial charge in [0.1, 0.15) is 18.2 Å². The maximum absolute atomic E-state index is 13.0. The lowest BCUT2D eigenvalue weighted by molar-refractivity contribution is -0.139. The van der Waals surface area contributed by atoms with Crippen LogP contribution >= 0.6 is 0 Å². The van der Waals surface area contributed by atoms with Crippen LogP contribution in [0.15, 0.2) is 84.0 Å². The molecule has 1 atom stereocenters. The fraction of sp³-hybridized carbons (Fsp3) is 0.125. The molecule has 2 amide bonds. The van der Waals surface area contributed by atoms with Gasteiger partial charge < -0.3 is 10.1 Å². The molecule has 158 valence electrons. The molecule has 6 nitrogen and oxygen atoms in total. The fourth-order valence-corrected chi connectivity index (χ4v) is 2.74. The monoisotopic (exact) mass is 419 g/mol. The Morgan fingerprint density at radius 2 is 1.74 bits per heavy atom. The second-order valence-electron chi connectivity index (χ2n) is 6.79. The maximum atomic E-state index is 13.0. The van der Waals surface area contributed by atoms with Crippen molar-refractivity contribution >= 4 is 18.0 Å². The normalized spacial score (nSPS) is 11.7. The van der Waals surface area contributed by atoms with Gasteiger partial charge in [-0.05, 0) is 47.9 Å². The number of rotatable bonds is 7. The van der Waals surface area contributed by atoms with Gasteiger partial charge in [-0.25, -0.2) is 9.82 Å². The van der Waals surface area contributed by atoms with Gasteiger partial charge in [0.05, 0.1) is 12.3 Å². The molecule has 3 aromatic rings. The van der Waals surface area contributed by atoms with Gasteiger partial charge in [-0.1, -0.05) is 54.6 Å². The van der Waals surface area contributed by atoms with Crippen LogP contribution in [0.5, 0.6) is 5.75 Å². The number of ether oxygens (including phenoxy) is 1. The summed E-state index contributed by atoms with van der Waals surface area (Å²) in [5, 5.41) is 6.45. The van der Waals surface area contributed by atoms with Crippen molar-refractivity contribution in [3.05, 3.63) is 101 Å². The highest BCUT2D eigenvalue weighted by Crippen LogP contribution is 2.15. The lowest BCUT2D eigenvalue weighted by Gasteiger charge is -2.13. The Morgan fingerprint density at radius 1 is 1.00 bits per heavy atom. The van der Waals surface area contributed by atoms with Gasteiger partial charge in [-0.15, -0.1) is 0 Å². The Bertz CT molecular complexity index is 1050. The Morgan fingerprint density at radius 3 is 2.48 bits per heavy atom. The number of halogens is 1. The number of carbonyl (C=O) groups excluding carboxylic acids is 2. The summed E-state index contributed by atoms with van der Waals surface area (Å²) in [7, 11) is 0. The first-order chi connectivity index (χ1) is 15.0.